The van der Waals surface area contributed by atoms with Crippen molar-refractivity contribution in [2.45, 2.75) is 13.0 Å². The summed E-state index contributed by atoms with van der Waals surface area (Å²) < 4.78 is 2.59. The molecule has 6 heteroatoms. The molecule has 1 aromatic carbocycles. The average Bonchev–Trinajstić information content (AvgIpc) is 2.25. The van der Waals surface area contributed by atoms with Crippen LogP contribution >= 0.6 is 27.5 Å². The van der Waals surface area contributed by atoms with Gasteiger partial charge in [-0.3, -0.25) is 9.36 Å². The molecule has 0 atom stereocenters. The van der Waals surface area contributed by atoms with Gasteiger partial charge < -0.3 is 5.32 Å². The lowest BCUT2D eigenvalue weighted by atomic mass is 10.1. The number of aromatic nitrogens is 2. The van der Waals surface area contributed by atoms with Gasteiger partial charge in [-0.1, -0.05) is 11.6 Å². The molecule has 1 N–H and O–H groups in total. The summed E-state index contributed by atoms with van der Waals surface area (Å²) in [5, 5.41) is 3.77. The molecule has 0 unspecified atom stereocenters. The Morgan fingerprint density at radius 1 is 1.50 bits per heavy atom. The van der Waals surface area contributed by atoms with Crippen LogP contribution in [0.3, 0.4) is 0 Å². The summed E-state index contributed by atoms with van der Waals surface area (Å²) in [6.45, 7) is 3.37. The number of aryl methyl sites for hydroxylation is 1. The Bertz CT molecular complexity index is 694. The van der Waals surface area contributed by atoms with E-state index < -0.39 is 0 Å². The number of benzene rings is 1. The Morgan fingerprint density at radius 2 is 2.22 bits per heavy atom. The molecule has 1 fully saturated rings. The minimum atomic E-state index is -0.0348. The van der Waals surface area contributed by atoms with E-state index in [9.17, 15) is 4.79 Å². The van der Waals surface area contributed by atoms with Gasteiger partial charge in [0.1, 0.15) is 5.69 Å². The van der Waals surface area contributed by atoms with E-state index >= 15 is 0 Å². The molecule has 3 rings (SSSR count). The molecule has 18 heavy (non-hydrogen) atoms. The van der Waals surface area contributed by atoms with Crippen molar-refractivity contribution in [3.8, 4) is 0 Å². The summed E-state index contributed by atoms with van der Waals surface area (Å²) in [5.41, 5.74) is 2.07. The van der Waals surface area contributed by atoms with Crippen LogP contribution in [0.1, 0.15) is 11.7 Å². The lowest BCUT2D eigenvalue weighted by molar-refractivity contribution is 0.343. The minimum absolute atomic E-state index is 0.0348. The highest BCUT2D eigenvalue weighted by atomic mass is 79.9. The molecule has 4 nitrogen and oxygen atoms in total. The number of fused-ring (bicyclic) bond motifs is 1. The number of nitrogens with zero attached hydrogens (tertiary/aromatic N) is 2. The second-order valence-electron chi connectivity index (χ2n) is 4.44. The normalized spacial score (nSPS) is 15.9. The zero-order valence-electron chi connectivity index (χ0n) is 9.70. The maximum Gasteiger partial charge on any atom is 0.272 e. The second-order valence-corrected chi connectivity index (χ2v) is 5.70. The molecule has 0 bridgehead atoms. The molecule has 1 aromatic heterocycles. The largest absolute Gasteiger partial charge is 0.313 e. The number of rotatable bonds is 1. The summed E-state index contributed by atoms with van der Waals surface area (Å²) in [4.78, 5) is 16.6. The van der Waals surface area contributed by atoms with Gasteiger partial charge in [0.05, 0.1) is 22.1 Å². The van der Waals surface area contributed by atoms with Gasteiger partial charge in [0.15, 0.2) is 0 Å². The lowest BCUT2D eigenvalue weighted by Crippen LogP contribution is -2.47. The maximum absolute atomic E-state index is 12.2. The van der Waals surface area contributed by atoms with E-state index in [1.54, 1.807) is 17.6 Å². The average molecular weight is 329 g/mol. The van der Waals surface area contributed by atoms with Crippen LogP contribution in [0.25, 0.3) is 11.0 Å². The number of nitrogens with one attached hydrogen (secondary N) is 1. The van der Waals surface area contributed by atoms with Crippen molar-refractivity contribution in [2.24, 2.45) is 0 Å². The summed E-state index contributed by atoms with van der Waals surface area (Å²) in [7, 11) is 0. The SMILES string of the molecule is Cc1nc2cc(Br)c(Cl)cc2n(C2CNC2)c1=O. The standard InChI is InChI=1S/C12H11BrClN3O/c1-6-12(18)17(7-4-15-5-7)11-3-9(14)8(13)2-10(11)16-6/h2-3,7,15H,4-5H2,1H3. The second kappa shape index (κ2) is 4.33. The van der Waals surface area contributed by atoms with Gasteiger partial charge in [0.25, 0.3) is 5.56 Å². The first-order chi connectivity index (χ1) is 8.58. The summed E-state index contributed by atoms with van der Waals surface area (Å²) in [5.74, 6) is 0. The Kier molecular flexibility index (Phi) is 2.92. The van der Waals surface area contributed by atoms with Crippen LogP contribution in [0.5, 0.6) is 0 Å². The van der Waals surface area contributed by atoms with E-state index in [1.165, 1.54) is 0 Å². The summed E-state index contributed by atoms with van der Waals surface area (Å²) in [6.07, 6.45) is 0. The van der Waals surface area contributed by atoms with Crippen molar-refractivity contribution in [3.63, 3.8) is 0 Å². The van der Waals surface area contributed by atoms with Crippen LogP contribution in [0, 0.1) is 6.92 Å². The molecule has 0 amide bonds. The van der Waals surface area contributed by atoms with Gasteiger partial charge in [0.2, 0.25) is 0 Å². The van der Waals surface area contributed by atoms with Gasteiger partial charge >= 0.3 is 0 Å². The van der Waals surface area contributed by atoms with E-state index in [4.69, 9.17) is 11.6 Å². The quantitative estimate of drug-likeness (QED) is 0.873. The van der Waals surface area contributed by atoms with Crippen molar-refractivity contribution in [3.05, 3.63) is 37.7 Å². The van der Waals surface area contributed by atoms with Crippen molar-refractivity contribution >= 4 is 38.6 Å². The summed E-state index contributed by atoms with van der Waals surface area (Å²) >= 11 is 9.49. The van der Waals surface area contributed by atoms with Crippen LogP contribution < -0.4 is 10.9 Å². The van der Waals surface area contributed by atoms with Gasteiger partial charge in [-0.25, -0.2) is 4.98 Å². The van der Waals surface area contributed by atoms with Gasteiger partial charge in [-0.15, -0.1) is 0 Å². The molecule has 94 valence electrons. The molecule has 0 spiro atoms. The molecule has 1 aliphatic rings. The first-order valence-electron chi connectivity index (χ1n) is 5.66. The van der Waals surface area contributed by atoms with Crippen molar-refractivity contribution < 1.29 is 0 Å². The molecule has 2 aromatic rings. The highest BCUT2D eigenvalue weighted by Gasteiger charge is 2.23. The number of halogens is 2. The molecule has 1 aliphatic heterocycles. The summed E-state index contributed by atoms with van der Waals surface area (Å²) in [6, 6.07) is 3.85. The molecular formula is C12H11BrClN3O. The van der Waals surface area contributed by atoms with Crippen molar-refractivity contribution in [1.29, 1.82) is 0 Å². The molecule has 1 saturated heterocycles. The zero-order chi connectivity index (χ0) is 12.9. The molecule has 0 aliphatic carbocycles. The fourth-order valence-electron chi connectivity index (χ4n) is 2.14. The maximum atomic E-state index is 12.2. The first kappa shape index (κ1) is 12.1. The monoisotopic (exact) mass is 327 g/mol. The fourth-order valence-corrected chi connectivity index (χ4v) is 2.63. The van der Waals surface area contributed by atoms with Crippen LogP contribution in [-0.2, 0) is 0 Å². The Balaban J connectivity index is 2.39. The van der Waals surface area contributed by atoms with Gasteiger partial charge in [-0.05, 0) is 35.0 Å². The predicted octanol–water partition coefficient (Wildman–Crippen LogP) is 2.27. The van der Waals surface area contributed by atoms with Crippen LogP contribution in [0.4, 0.5) is 0 Å². The van der Waals surface area contributed by atoms with E-state index in [0.717, 1.165) is 28.6 Å². The van der Waals surface area contributed by atoms with Crippen LogP contribution in [0.15, 0.2) is 21.4 Å². The van der Waals surface area contributed by atoms with Crippen molar-refractivity contribution in [1.82, 2.24) is 14.9 Å². The van der Waals surface area contributed by atoms with Crippen LogP contribution in [-0.4, -0.2) is 22.6 Å². The smallest absolute Gasteiger partial charge is 0.272 e. The van der Waals surface area contributed by atoms with E-state index in [1.807, 2.05) is 6.07 Å². The Hall–Kier alpha value is -0.910. The Labute approximate surface area is 117 Å². The molecule has 2 heterocycles. The van der Waals surface area contributed by atoms with Gasteiger partial charge in [-0.2, -0.15) is 0 Å². The predicted molar refractivity (Wildman–Crippen MR) is 75.4 cm³/mol. The lowest BCUT2D eigenvalue weighted by Gasteiger charge is -2.30. The van der Waals surface area contributed by atoms with E-state index in [-0.39, 0.29) is 11.6 Å². The third kappa shape index (κ3) is 1.77. The molecule has 0 saturated carbocycles. The third-order valence-electron chi connectivity index (χ3n) is 3.22. The topological polar surface area (TPSA) is 46.9 Å². The molecule has 0 radical (unpaired) electrons. The van der Waals surface area contributed by atoms with E-state index in [2.05, 4.69) is 26.2 Å². The van der Waals surface area contributed by atoms with Crippen molar-refractivity contribution in [2.75, 3.05) is 13.1 Å². The minimum Gasteiger partial charge on any atom is -0.313 e. The van der Waals surface area contributed by atoms with Crippen LogP contribution in [0.2, 0.25) is 5.02 Å². The highest BCUT2D eigenvalue weighted by molar-refractivity contribution is 9.10. The third-order valence-corrected chi connectivity index (χ3v) is 4.42. The zero-order valence-corrected chi connectivity index (χ0v) is 12.0. The highest BCUT2D eigenvalue weighted by Crippen LogP contribution is 2.28. The number of hydrogen-bond acceptors (Lipinski definition) is 3. The number of hydrogen-bond donors (Lipinski definition) is 1. The van der Waals surface area contributed by atoms with E-state index in [0.29, 0.717) is 10.7 Å². The fraction of sp³-hybridized carbons (Fsp3) is 0.333. The Morgan fingerprint density at radius 3 is 2.83 bits per heavy atom. The first-order valence-corrected chi connectivity index (χ1v) is 6.83. The molecular weight excluding hydrogens is 318 g/mol. The van der Waals surface area contributed by atoms with Gasteiger partial charge in [0, 0.05) is 17.6 Å².